The molecule has 0 bridgehead atoms. The van der Waals surface area contributed by atoms with E-state index >= 15 is 0 Å². The van der Waals surface area contributed by atoms with E-state index in [0.717, 1.165) is 5.56 Å². The molecule has 0 spiro atoms. The molecule has 6 heteroatoms. The molecule has 0 aliphatic heterocycles. The van der Waals surface area contributed by atoms with E-state index in [0.29, 0.717) is 18.0 Å². The molecule has 2 amide bonds. The molecule has 2 N–H and O–H groups in total. The van der Waals surface area contributed by atoms with Crippen LogP contribution in [-0.4, -0.2) is 18.4 Å². The maximum absolute atomic E-state index is 11.6. The second kappa shape index (κ2) is 6.75. The van der Waals surface area contributed by atoms with E-state index in [2.05, 4.69) is 10.6 Å². The lowest BCUT2D eigenvalue weighted by Gasteiger charge is -2.04. The van der Waals surface area contributed by atoms with Crippen molar-refractivity contribution in [2.45, 2.75) is 13.0 Å². The van der Waals surface area contributed by atoms with Crippen LogP contribution in [0.15, 0.2) is 40.5 Å². The van der Waals surface area contributed by atoms with Crippen molar-refractivity contribution in [1.82, 2.24) is 10.6 Å². The molecular weight excluding hydrogens is 264 g/mol. The molecule has 0 aliphatic carbocycles. The normalized spacial score (nSPS) is 10.1. The molecule has 0 aliphatic rings. The van der Waals surface area contributed by atoms with Crippen LogP contribution in [0.4, 0.5) is 0 Å². The highest BCUT2D eigenvalue weighted by Gasteiger charge is 2.07. The number of amides is 2. The number of furan rings is 1. The second-order valence-corrected chi connectivity index (χ2v) is 4.84. The number of thiophene rings is 1. The fourth-order valence-corrected chi connectivity index (χ4v) is 2.11. The molecule has 2 aromatic heterocycles. The second-order valence-electron chi connectivity index (χ2n) is 3.89. The standard InChI is InChI=1S/C13H14N2O3S/c16-12(15-8-10-4-6-18-9-10)3-5-14-13(17)11-2-1-7-19-11/h1-2,4,6-7,9H,3,5,8H2,(H,14,17)(H,15,16). The summed E-state index contributed by atoms with van der Waals surface area (Å²) in [6, 6.07) is 5.36. The molecule has 2 rings (SSSR count). The molecule has 0 saturated carbocycles. The number of carbonyl (C=O) groups is 2. The Morgan fingerprint density at radius 3 is 2.84 bits per heavy atom. The van der Waals surface area contributed by atoms with Crippen LogP contribution in [0.5, 0.6) is 0 Å². The van der Waals surface area contributed by atoms with E-state index in [9.17, 15) is 9.59 Å². The summed E-state index contributed by atoms with van der Waals surface area (Å²) in [4.78, 5) is 23.8. The van der Waals surface area contributed by atoms with E-state index in [1.807, 2.05) is 11.4 Å². The average Bonchev–Trinajstić information content (AvgIpc) is 3.09. The largest absolute Gasteiger partial charge is 0.472 e. The summed E-state index contributed by atoms with van der Waals surface area (Å²) in [6.45, 7) is 0.766. The average molecular weight is 278 g/mol. The van der Waals surface area contributed by atoms with Crippen LogP contribution in [0, 0.1) is 0 Å². The quantitative estimate of drug-likeness (QED) is 0.846. The smallest absolute Gasteiger partial charge is 0.261 e. The van der Waals surface area contributed by atoms with Crippen molar-refractivity contribution in [3.05, 3.63) is 46.5 Å². The number of carbonyl (C=O) groups excluding carboxylic acids is 2. The van der Waals surface area contributed by atoms with Crippen molar-refractivity contribution in [2.24, 2.45) is 0 Å². The van der Waals surface area contributed by atoms with Gasteiger partial charge in [0, 0.05) is 25.1 Å². The third-order valence-corrected chi connectivity index (χ3v) is 3.32. The van der Waals surface area contributed by atoms with Crippen LogP contribution in [0.3, 0.4) is 0 Å². The van der Waals surface area contributed by atoms with E-state index in [4.69, 9.17) is 4.42 Å². The molecule has 0 unspecified atom stereocenters. The molecule has 2 heterocycles. The van der Waals surface area contributed by atoms with Crippen LogP contribution < -0.4 is 10.6 Å². The molecule has 100 valence electrons. The van der Waals surface area contributed by atoms with Crippen molar-refractivity contribution in [1.29, 1.82) is 0 Å². The molecule has 0 radical (unpaired) electrons. The van der Waals surface area contributed by atoms with Gasteiger partial charge in [-0.05, 0) is 17.5 Å². The van der Waals surface area contributed by atoms with Crippen molar-refractivity contribution in [3.8, 4) is 0 Å². The van der Waals surface area contributed by atoms with Crippen molar-refractivity contribution in [2.75, 3.05) is 6.54 Å². The summed E-state index contributed by atoms with van der Waals surface area (Å²) >= 11 is 1.38. The Bertz CT molecular complexity index is 520. The number of rotatable bonds is 6. The molecule has 0 atom stereocenters. The Morgan fingerprint density at radius 2 is 2.16 bits per heavy atom. The fraction of sp³-hybridized carbons (Fsp3) is 0.231. The molecule has 5 nitrogen and oxygen atoms in total. The molecule has 0 fully saturated rings. The molecular formula is C13H14N2O3S. The van der Waals surface area contributed by atoms with Gasteiger partial charge in [0.2, 0.25) is 5.91 Å². The zero-order chi connectivity index (χ0) is 13.5. The third kappa shape index (κ3) is 4.26. The predicted molar refractivity (Wildman–Crippen MR) is 71.8 cm³/mol. The maximum atomic E-state index is 11.6. The Hall–Kier alpha value is -2.08. The van der Waals surface area contributed by atoms with Gasteiger partial charge in [-0.3, -0.25) is 9.59 Å². The van der Waals surface area contributed by atoms with Gasteiger partial charge in [0.25, 0.3) is 5.91 Å². The van der Waals surface area contributed by atoms with Crippen LogP contribution >= 0.6 is 11.3 Å². The summed E-state index contributed by atoms with van der Waals surface area (Å²) in [6.07, 6.45) is 3.40. The van der Waals surface area contributed by atoms with Gasteiger partial charge in [-0.25, -0.2) is 0 Å². The molecule has 0 saturated heterocycles. The number of hydrogen-bond donors (Lipinski definition) is 2. The lowest BCUT2D eigenvalue weighted by Crippen LogP contribution is -2.30. The van der Waals surface area contributed by atoms with Crippen LogP contribution in [-0.2, 0) is 11.3 Å². The summed E-state index contributed by atoms with van der Waals surface area (Å²) in [5.41, 5.74) is 0.913. The van der Waals surface area contributed by atoms with Gasteiger partial charge in [-0.1, -0.05) is 6.07 Å². The van der Waals surface area contributed by atoms with Gasteiger partial charge in [0.1, 0.15) is 0 Å². The van der Waals surface area contributed by atoms with Gasteiger partial charge in [-0.15, -0.1) is 11.3 Å². The van der Waals surface area contributed by atoms with E-state index in [1.54, 1.807) is 24.7 Å². The maximum Gasteiger partial charge on any atom is 0.261 e. The lowest BCUT2D eigenvalue weighted by atomic mass is 10.3. The minimum Gasteiger partial charge on any atom is -0.472 e. The first-order chi connectivity index (χ1) is 9.25. The fourth-order valence-electron chi connectivity index (χ4n) is 1.47. The monoisotopic (exact) mass is 278 g/mol. The van der Waals surface area contributed by atoms with Gasteiger partial charge in [-0.2, -0.15) is 0 Å². The minimum atomic E-state index is -0.141. The van der Waals surface area contributed by atoms with Crippen molar-refractivity contribution < 1.29 is 14.0 Å². The van der Waals surface area contributed by atoms with E-state index < -0.39 is 0 Å². The zero-order valence-electron chi connectivity index (χ0n) is 10.2. The minimum absolute atomic E-state index is 0.104. The third-order valence-electron chi connectivity index (χ3n) is 2.45. The Labute approximate surface area is 114 Å². The Balaban J connectivity index is 1.63. The van der Waals surface area contributed by atoms with Crippen LogP contribution in [0.25, 0.3) is 0 Å². The number of nitrogens with one attached hydrogen (secondary N) is 2. The first-order valence-corrected chi connectivity index (χ1v) is 6.73. The lowest BCUT2D eigenvalue weighted by molar-refractivity contribution is -0.121. The summed E-state index contributed by atoms with van der Waals surface area (Å²) < 4.78 is 4.89. The Morgan fingerprint density at radius 1 is 1.26 bits per heavy atom. The van der Waals surface area contributed by atoms with Gasteiger partial charge < -0.3 is 15.1 Å². The predicted octanol–water partition coefficient (Wildman–Crippen LogP) is 1.78. The summed E-state index contributed by atoms with van der Waals surface area (Å²) in [5.74, 6) is -0.245. The SMILES string of the molecule is O=C(CCNC(=O)c1cccs1)NCc1ccoc1. The highest BCUT2D eigenvalue weighted by molar-refractivity contribution is 7.12. The van der Waals surface area contributed by atoms with Crippen molar-refractivity contribution >= 4 is 23.2 Å². The van der Waals surface area contributed by atoms with Gasteiger partial charge in [0.15, 0.2) is 0 Å². The zero-order valence-corrected chi connectivity index (χ0v) is 11.0. The summed E-state index contributed by atoms with van der Waals surface area (Å²) in [5, 5.41) is 7.29. The van der Waals surface area contributed by atoms with Crippen LogP contribution in [0.2, 0.25) is 0 Å². The topological polar surface area (TPSA) is 71.3 Å². The molecule has 0 aromatic carbocycles. The first kappa shape index (κ1) is 13.4. The van der Waals surface area contributed by atoms with Gasteiger partial charge >= 0.3 is 0 Å². The molecule has 19 heavy (non-hydrogen) atoms. The highest BCUT2D eigenvalue weighted by Crippen LogP contribution is 2.07. The van der Waals surface area contributed by atoms with Crippen LogP contribution in [0.1, 0.15) is 21.7 Å². The van der Waals surface area contributed by atoms with Crippen molar-refractivity contribution in [3.63, 3.8) is 0 Å². The van der Waals surface area contributed by atoms with E-state index in [-0.39, 0.29) is 18.2 Å². The number of hydrogen-bond acceptors (Lipinski definition) is 4. The molecule has 2 aromatic rings. The summed E-state index contributed by atoms with van der Waals surface area (Å²) in [7, 11) is 0. The first-order valence-electron chi connectivity index (χ1n) is 5.85. The highest BCUT2D eigenvalue weighted by atomic mass is 32.1. The van der Waals surface area contributed by atoms with E-state index in [1.165, 1.54) is 11.3 Å². The Kier molecular flexibility index (Phi) is 4.74. The van der Waals surface area contributed by atoms with Gasteiger partial charge in [0.05, 0.1) is 17.4 Å².